The summed E-state index contributed by atoms with van der Waals surface area (Å²) in [6.07, 6.45) is 1.25. The van der Waals surface area contributed by atoms with Crippen molar-refractivity contribution in [3.63, 3.8) is 0 Å². The third-order valence-electron chi connectivity index (χ3n) is 4.80. The van der Waals surface area contributed by atoms with E-state index >= 15 is 0 Å². The molecule has 0 aliphatic carbocycles. The predicted molar refractivity (Wildman–Crippen MR) is 93.7 cm³/mol. The molecule has 0 bridgehead atoms. The largest absolute Gasteiger partial charge is 0.347 e. The summed E-state index contributed by atoms with van der Waals surface area (Å²) in [4.78, 5) is 14.1. The Labute approximate surface area is 148 Å². The highest BCUT2D eigenvalue weighted by Crippen LogP contribution is 2.31. The molecule has 138 valence electrons. The highest BCUT2D eigenvalue weighted by Gasteiger charge is 2.40. The standard InChI is InChI=1S/C17H24N2O5S/c1-18(15-5-3-2-4-6-15)25(21,22)14-7-16(20)19-10-8-17(9-11-19)23-12-13-24-17/h2-6H,7-14H2,1H3. The molecule has 1 aromatic carbocycles. The normalized spacial score (nSPS) is 20.0. The Kier molecular flexibility index (Phi) is 5.31. The summed E-state index contributed by atoms with van der Waals surface area (Å²) < 4.78 is 37.4. The van der Waals surface area contributed by atoms with Gasteiger partial charge in [0.15, 0.2) is 5.79 Å². The van der Waals surface area contributed by atoms with Gasteiger partial charge in [0.2, 0.25) is 15.9 Å². The van der Waals surface area contributed by atoms with Crippen LogP contribution in [0.25, 0.3) is 0 Å². The first-order chi connectivity index (χ1) is 11.9. The molecule has 2 heterocycles. The zero-order valence-electron chi connectivity index (χ0n) is 14.4. The summed E-state index contributed by atoms with van der Waals surface area (Å²) in [6, 6.07) is 8.84. The van der Waals surface area contributed by atoms with E-state index in [1.165, 1.54) is 11.4 Å². The zero-order chi connectivity index (χ0) is 17.9. The molecule has 0 radical (unpaired) electrons. The highest BCUT2D eigenvalue weighted by molar-refractivity contribution is 7.92. The van der Waals surface area contributed by atoms with Crippen molar-refractivity contribution in [2.75, 3.05) is 43.4 Å². The van der Waals surface area contributed by atoms with Crippen LogP contribution in [0.5, 0.6) is 0 Å². The third kappa shape index (κ3) is 4.13. The van der Waals surface area contributed by atoms with E-state index in [1.807, 2.05) is 6.07 Å². The number of carbonyl (C=O) groups excluding carboxylic acids is 1. The van der Waals surface area contributed by atoms with Gasteiger partial charge in [0, 0.05) is 39.4 Å². The minimum absolute atomic E-state index is 0.0196. The fourth-order valence-corrected chi connectivity index (χ4v) is 4.34. The topological polar surface area (TPSA) is 76.2 Å². The molecule has 0 aromatic heterocycles. The number of nitrogens with zero attached hydrogens (tertiary/aromatic N) is 2. The van der Waals surface area contributed by atoms with Crippen molar-refractivity contribution in [3.8, 4) is 0 Å². The van der Waals surface area contributed by atoms with Crippen LogP contribution >= 0.6 is 0 Å². The van der Waals surface area contributed by atoms with Gasteiger partial charge in [-0.2, -0.15) is 0 Å². The van der Waals surface area contributed by atoms with E-state index < -0.39 is 15.8 Å². The maximum absolute atomic E-state index is 12.4. The lowest BCUT2D eigenvalue weighted by Gasteiger charge is -2.37. The van der Waals surface area contributed by atoms with Crippen LogP contribution in [0, 0.1) is 0 Å². The van der Waals surface area contributed by atoms with Crippen molar-refractivity contribution >= 4 is 21.6 Å². The lowest BCUT2D eigenvalue weighted by Crippen LogP contribution is -2.47. The molecule has 2 aliphatic heterocycles. The molecule has 25 heavy (non-hydrogen) atoms. The van der Waals surface area contributed by atoms with Gasteiger partial charge in [-0.25, -0.2) is 8.42 Å². The number of rotatable bonds is 5. The summed E-state index contributed by atoms with van der Waals surface area (Å²) in [5.74, 6) is -0.875. The van der Waals surface area contributed by atoms with Gasteiger partial charge in [-0.05, 0) is 12.1 Å². The van der Waals surface area contributed by atoms with E-state index in [1.54, 1.807) is 29.2 Å². The van der Waals surface area contributed by atoms with Crippen molar-refractivity contribution < 1.29 is 22.7 Å². The minimum Gasteiger partial charge on any atom is -0.347 e. The Morgan fingerprint density at radius 3 is 2.36 bits per heavy atom. The van der Waals surface area contributed by atoms with Crippen molar-refractivity contribution in [1.29, 1.82) is 0 Å². The molecular formula is C17H24N2O5S. The van der Waals surface area contributed by atoms with Gasteiger partial charge in [-0.3, -0.25) is 9.10 Å². The van der Waals surface area contributed by atoms with Crippen LogP contribution in [0.15, 0.2) is 30.3 Å². The van der Waals surface area contributed by atoms with Crippen LogP contribution in [0.2, 0.25) is 0 Å². The van der Waals surface area contributed by atoms with Crippen LogP contribution in [-0.4, -0.2) is 64.1 Å². The first kappa shape index (κ1) is 18.2. The lowest BCUT2D eigenvalue weighted by atomic mass is 10.0. The molecule has 1 amide bonds. The summed E-state index contributed by atoms with van der Waals surface area (Å²) in [7, 11) is -2.02. The number of sulfonamides is 1. The number of ether oxygens (including phenoxy) is 2. The average molecular weight is 368 g/mol. The number of hydrogen-bond acceptors (Lipinski definition) is 5. The fraction of sp³-hybridized carbons (Fsp3) is 0.588. The molecule has 0 saturated carbocycles. The zero-order valence-corrected chi connectivity index (χ0v) is 15.2. The van der Waals surface area contributed by atoms with E-state index in [0.29, 0.717) is 44.8 Å². The van der Waals surface area contributed by atoms with E-state index in [4.69, 9.17) is 9.47 Å². The molecule has 3 rings (SSSR count). The van der Waals surface area contributed by atoms with Crippen LogP contribution in [0.3, 0.4) is 0 Å². The number of amides is 1. The van der Waals surface area contributed by atoms with Crippen molar-refractivity contribution in [2.45, 2.75) is 25.0 Å². The second-order valence-electron chi connectivity index (χ2n) is 6.36. The Morgan fingerprint density at radius 2 is 1.76 bits per heavy atom. The SMILES string of the molecule is CN(c1ccccc1)S(=O)(=O)CCC(=O)N1CCC2(CC1)OCCO2. The second-order valence-corrected chi connectivity index (χ2v) is 8.48. The van der Waals surface area contributed by atoms with Crippen LogP contribution < -0.4 is 4.31 Å². The Bertz CT molecular complexity index is 691. The maximum atomic E-state index is 12.4. The van der Waals surface area contributed by atoms with Crippen molar-refractivity contribution in [2.24, 2.45) is 0 Å². The van der Waals surface area contributed by atoms with E-state index in [2.05, 4.69) is 0 Å². The van der Waals surface area contributed by atoms with Gasteiger partial charge in [-0.1, -0.05) is 18.2 Å². The minimum atomic E-state index is -3.53. The number of anilines is 1. The molecule has 2 fully saturated rings. The van der Waals surface area contributed by atoms with Crippen LogP contribution in [0.1, 0.15) is 19.3 Å². The Hall–Kier alpha value is -1.64. The summed E-state index contributed by atoms with van der Waals surface area (Å²) >= 11 is 0. The van der Waals surface area contributed by atoms with Crippen molar-refractivity contribution in [1.82, 2.24) is 4.90 Å². The molecule has 7 nitrogen and oxygen atoms in total. The third-order valence-corrected chi connectivity index (χ3v) is 6.57. The molecule has 0 N–H and O–H groups in total. The average Bonchev–Trinajstić information content (AvgIpc) is 3.08. The van der Waals surface area contributed by atoms with Gasteiger partial charge in [-0.15, -0.1) is 0 Å². The van der Waals surface area contributed by atoms with Gasteiger partial charge >= 0.3 is 0 Å². The maximum Gasteiger partial charge on any atom is 0.235 e. The Balaban J connectivity index is 1.52. The molecular weight excluding hydrogens is 344 g/mol. The summed E-state index contributed by atoms with van der Waals surface area (Å²) in [5.41, 5.74) is 0.588. The number of likely N-dealkylation sites (tertiary alicyclic amines) is 1. The highest BCUT2D eigenvalue weighted by atomic mass is 32.2. The van der Waals surface area contributed by atoms with E-state index in [-0.39, 0.29) is 18.1 Å². The molecule has 1 spiro atoms. The Morgan fingerprint density at radius 1 is 1.16 bits per heavy atom. The van der Waals surface area contributed by atoms with Crippen molar-refractivity contribution in [3.05, 3.63) is 30.3 Å². The second kappa shape index (κ2) is 7.31. The van der Waals surface area contributed by atoms with Gasteiger partial charge < -0.3 is 14.4 Å². The van der Waals surface area contributed by atoms with Crippen LogP contribution in [0.4, 0.5) is 5.69 Å². The molecule has 0 unspecified atom stereocenters. The number of piperidine rings is 1. The smallest absolute Gasteiger partial charge is 0.235 e. The first-order valence-corrected chi connectivity index (χ1v) is 10.1. The van der Waals surface area contributed by atoms with Gasteiger partial charge in [0.25, 0.3) is 0 Å². The number of para-hydroxylation sites is 1. The molecule has 1 aromatic rings. The molecule has 2 aliphatic rings. The first-order valence-electron chi connectivity index (χ1n) is 8.49. The molecule has 2 saturated heterocycles. The fourth-order valence-electron chi connectivity index (χ4n) is 3.19. The molecule has 8 heteroatoms. The monoisotopic (exact) mass is 368 g/mol. The van der Waals surface area contributed by atoms with Gasteiger partial charge in [0.1, 0.15) is 0 Å². The number of benzene rings is 1. The molecule has 0 atom stereocenters. The van der Waals surface area contributed by atoms with E-state index in [0.717, 1.165) is 0 Å². The number of carbonyl (C=O) groups is 1. The summed E-state index contributed by atoms with van der Waals surface area (Å²) in [5, 5.41) is 0. The predicted octanol–water partition coefficient (Wildman–Crippen LogP) is 1.21. The lowest BCUT2D eigenvalue weighted by molar-refractivity contribution is -0.187. The van der Waals surface area contributed by atoms with Gasteiger partial charge in [0.05, 0.1) is 24.7 Å². The summed E-state index contributed by atoms with van der Waals surface area (Å²) in [6.45, 7) is 2.26. The number of hydrogen-bond donors (Lipinski definition) is 0. The van der Waals surface area contributed by atoms with Crippen LogP contribution in [-0.2, 0) is 24.3 Å². The van der Waals surface area contributed by atoms with E-state index in [9.17, 15) is 13.2 Å². The quantitative estimate of drug-likeness (QED) is 0.781.